The summed E-state index contributed by atoms with van der Waals surface area (Å²) in [5.74, 6) is -0.368. The molecule has 0 aliphatic heterocycles. The van der Waals surface area contributed by atoms with Gasteiger partial charge in [0.25, 0.3) is 5.91 Å². The van der Waals surface area contributed by atoms with E-state index in [9.17, 15) is 18.4 Å². The Morgan fingerprint density at radius 3 is 2.44 bits per heavy atom. The summed E-state index contributed by atoms with van der Waals surface area (Å²) in [4.78, 5) is 24.0. The third kappa shape index (κ3) is 4.75. The highest BCUT2D eigenvalue weighted by molar-refractivity contribution is 6.07. The van der Waals surface area contributed by atoms with Gasteiger partial charge in [-0.05, 0) is 30.3 Å². The van der Waals surface area contributed by atoms with Gasteiger partial charge in [-0.3, -0.25) is 9.59 Å². The van der Waals surface area contributed by atoms with E-state index in [0.717, 1.165) is 24.3 Å². The van der Waals surface area contributed by atoms with Crippen LogP contribution in [0.2, 0.25) is 0 Å². The molecule has 2 amide bonds. The number of carbonyl (C=O) groups is 2. The van der Waals surface area contributed by atoms with Gasteiger partial charge in [-0.15, -0.1) is 6.42 Å². The van der Waals surface area contributed by atoms with Crippen molar-refractivity contribution < 1.29 is 18.4 Å². The van der Waals surface area contributed by atoms with Crippen molar-refractivity contribution in [3.05, 3.63) is 71.3 Å². The molecule has 0 aromatic heterocycles. The highest BCUT2D eigenvalue weighted by Crippen LogP contribution is 2.16. The summed E-state index contributed by atoms with van der Waals surface area (Å²) in [7, 11) is 0. The molecule has 0 spiro atoms. The Labute approximate surface area is 143 Å². The van der Waals surface area contributed by atoms with Gasteiger partial charge < -0.3 is 10.6 Å². The smallest absolute Gasteiger partial charge is 0.254 e. The summed E-state index contributed by atoms with van der Waals surface area (Å²) in [6.45, 7) is 0.0492. The molecule has 0 radical (unpaired) electrons. The number of halogens is 2. The standard InChI is InChI=1S/C19H14F2N2O2/c1-2-12-22-19(25)14-6-3-4-9-17(14)23-18(24)11-10-13-15(20)7-5-8-16(13)21/h1,3-11H,12H2,(H,22,25)(H,23,24)/b11-10+. The Kier molecular flexibility index (Phi) is 6.02. The summed E-state index contributed by atoms with van der Waals surface area (Å²) < 4.78 is 27.0. The second kappa shape index (κ2) is 8.41. The van der Waals surface area contributed by atoms with Crippen molar-refractivity contribution in [1.82, 2.24) is 5.32 Å². The number of carbonyl (C=O) groups excluding carboxylic acids is 2. The average molecular weight is 340 g/mol. The molecule has 2 aromatic rings. The van der Waals surface area contributed by atoms with Crippen LogP contribution in [0.15, 0.2) is 48.5 Å². The highest BCUT2D eigenvalue weighted by atomic mass is 19.1. The van der Waals surface area contributed by atoms with Crippen LogP contribution in [0.4, 0.5) is 14.5 Å². The lowest BCUT2D eigenvalue weighted by molar-refractivity contribution is -0.111. The first-order chi connectivity index (χ1) is 12.0. The molecule has 25 heavy (non-hydrogen) atoms. The van der Waals surface area contributed by atoms with Gasteiger partial charge in [-0.25, -0.2) is 8.78 Å². The number of terminal acetylenes is 1. The molecule has 2 N–H and O–H groups in total. The molecule has 6 heteroatoms. The number of nitrogens with one attached hydrogen (secondary N) is 2. The van der Waals surface area contributed by atoms with E-state index >= 15 is 0 Å². The van der Waals surface area contributed by atoms with Crippen molar-refractivity contribution >= 4 is 23.6 Å². The van der Waals surface area contributed by atoms with Crippen LogP contribution < -0.4 is 10.6 Å². The Hall–Kier alpha value is -3.46. The summed E-state index contributed by atoms with van der Waals surface area (Å²) in [5, 5.41) is 4.99. The fourth-order valence-electron chi connectivity index (χ4n) is 2.02. The predicted molar refractivity (Wildman–Crippen MR) is 91.6 cm³/mol. The van der Waals surface area contributed by atoms with E-state index in [-0.39, 0.29) is 23.4 Å². The van der Waals surface area contributed by atoms with Crippen molar-refractivity contribution in [3.63, 3.8) is 0 Å². The van der Waals surface area contributed by atoms with Crippen LogP contribution in [-0.2, 0) is 4.79 Å². The van der Waals surface area contributed by atoms with Gasteiger partial charge in [-0.2, -0.15) is 0 Å². The molecule has 2 aromatic carbocycles. The van der Waals surface area contributed by atoms with Gasteiger partial charge in [0.05, 0.1) is 17.8 Å². The molecule has 0 heterocycles. The second-order valence-corrected chi connectivity index (χ2v) is 4.89. The molecule has 0 saturated heterocycles. The molecule has 126 valence electrons. The molecule has 0 aliphatic carbocycles. The maximum atomic E-state index is 13.5. The summed E-state index contributed by atoms with van der Waals surface area (Å²) >= 11 is 0. The van der Waals surface area contributed by atoms with Crippen LogP contribution in [-0.4, -0.2) is 18.4 Å². The monoisotopic (exact) mass is 340 g/mol. The normalized spacial score (nSPS) is 10.3. The second-order valence-electron chi connectivity index (χ2n) is 4.89. The van der Waals surface area contributed by atoms with Crippen molar-refractivity contribution in [1.29, 1.82) is 0 Å². The fourth-order valence-corrected chi connectivity index (χ4v) is 2.02. The van der Waals surface area contributed by atoms with Gasteiger partial charge >= 0.3 is 0 Å². The van der Waals surface area contributed by atoms with Gasteiger partial charge in [0, 0.05) is 11.6 Å². The van der Waals surface area contributed by atoms with Gasteiger partial charge in [0.15, 0.2) is 0 Å². The molecule has 0 atom stereocenters. The van der Waals surface area contributed by atoms with Crippen LogP contribution in [0.3, 0.4) is 0 Å². The lowest BCUT2D eigenvalue weighted by atomic mass is 10.1. The molecular formula is C19H14F2N2O2. The van der Waals surface area contributed by atoms with Crippen LogP contribution in [0.25, 0.3) is 6.08 Å². The van der Waals surface area contributed by atoms with Crippen LogP contribution >= 0.6 is 0 Å². The molecular weight excluding hydrogens is 326 g/mol. The summed E-state index contributed by atoms with van der Waals surface area (Å²) in [6, 6.07) is 9.71. The zero-order chi connectivity index (χ0) is 18.2. The van der Waals surface area contributed by atoms with E-state index in [2.05, 4.69) is 16.6 Å². The van der Waals surface area contributed by atoms with Crippen LogP contribution in [0.1, 0.15) is 15.9 Å². The lowest BCUT2D eigenvalue weighted by Gasteiger charge is -2.09. The molecule has 0 fully saturated rings. The maximum absolute atomic E-state index is 13.5. The van der Waals surface area contributed by atoms with Crippen LogP contribution in [0.5, 0.6) is 0 Å². The zero-order valence-electron chi connectivity index (χ0n) is 13.1. The van der Waals surface area contributed by atoms with E-state index in [1.807, 2.05) is 0 Å². The molecule has 2 rings (SSSR count). The van der Waals surface area contributed by atoms with Gasteiger partial charge in [0.2, 0.25) is 5.91 Å². The first kappa shape index (κ1) is 17.9. The number of benzene rings is 2. The number of para-hydroxylation sites is 1. The van der Waals surface area contributed by atoms with Crippen molar-refractivity contribution in [3.8, 4) is 12.3 Å². The quantitative estimate of drug-likeness (QED) is 0.649. The third-order valence-corrected chi connectivity index (χ3v) is 3.18. The number of anilines is 1. The number of amides is 2. The maximum Gasteiger partial charge on any atom is 0.254 e. The highest BCUT2D eigenvalue weighted by Gasteiger charge is 2.12. The van der Waals surface area contributed by atoms with Gasteiger partial charge in [-0.1, -0.05) is 24.1 Å². The minimum atomic E-state index is -0.780. The van der Waals surface area contributed by atoms with Crippen molar-refractivity contribution in [2.24, 2.45) is 0 Å². The van der Waals surface area contributed by atoms with Crippen molar-refractivity contribution in [2.45, 2.75) is 0 Å². The summed E-state index contributed by atoms with van der Waals surface area (Å²) in [6.07, 6.45) is 7.10. The first-order valence-electron chi connectivity index (χ1n) is 7.26. The number of hydrogen-bond acceptors (Lipinski definition) is 2. The van der Waals surface area contributed by atoms with Crippen LogP contribution in [0, 0.1) is 24.0 Å². The fraction of sp³-hybridized carbons (Fsp3) is 0.0526. The van der Waals surface area contributed by atoms with E-state index in [4.69, 9.17) is 6.42 Å². The van der Waals surface area contributed by atoms with E-state index < -0.39 is 23.4 Å². The number of hydrogen-bond donors (Lipinski definition) is 2. The molecule has 0 unspecified atom stereocenters. The number of rotatable bonds is 5. The van der Waals surface area contributed by atoms with E-state index in [1.165, 1.54) is 18.2 Å². The minimum Gasteiger partial charge on any atom is -0.341 e. The SMILES string of the molecule is C#CCNC(=O)c1ccccc1NC(=O)/C=C/c1c(F)cccc1F. The Bertz CT molecular complexity index is 850. The largest absolute Gasteiger partial charge is 0.341 e. The van der Waals surface area contributed by atoms with E-state index in [1.54, 1.807) is 12.1 Å². The first-order valence-corrected chi connectivity index (χ1v) is 7.26. The minimum absolute atomic E-state index is 0.0492. The molecule has 0 saturated carbocycles. The van der Waals surface area contributed by atoms with Crippen molar-refractivity contribution in [2.75, 3.05) is 11.9 Å². The lowest BCUT2D eigenvalue weighted by Crippen LogP contribution is -2.25. The topological polar surface area (TPSA) is 58.2 Å². The Morgan fingerprint density at radius 1 is 1.08 bits per heavy atom. The third-order valence-electron chi connectivity index (χ3n) is 3.18. The zero-order valence-corrected chi connectivity index (χ0v) is 13.1. The Balaban J connectivity index is 2.15. The van der Waals surface area contributed by atoms with E-state index in [0.29, 0.717) is 0 Å². The summed E-state index contributed by atoms with van der Waals surface area (Å²) in [5.41, 5.74) is 0.148. The molecule has 0 bridgehead atoms. The molecule has 0 aliphatic rings. The molecule has 4 nitrogen and oxygen atoms in total. The Morgan fingerprint density at radius 2 is 1.76 bits per heavy atom. The predicted octanol–water partition coefficient (Wildman–Crippen LogP) is 2.98. The van der Waals surface area contributed by atoms with Gasteiger partial charge in [0.1, 0.15) is 11.6 Å². The average Bonchev–Trinajstić information content (AvgIpc) is 2.59.